The third kappa shape index (κ3) is 3.97. The number of fused-ring (bicyclic) bond motifs is 1. The summed E-state index contributed by atoms with van der Waals surface area (Å²) >= 11 is 0. The van der Waals surface area contributed by atoms with Crippen LogP contribution in [0.15, 0.2) is 0 Å². The molecule has 4 rings (SSSR count). The highest BCUT2D eigenvalue weighted by molar-refractivity contribution is 5.86. The SMILES string of the molecule is CNc1nc(C2CCCCN2C(=O)CN2CCCC2=O)nc2c1CCN(C(C)=O)C2. The molecular formula is C21H30N6O3. The summed E-state index contributed by atoms with van der Waals surface area (Å²) in [6.07, 6.45) is 4.82. The van der Waals surface area contributed by atoms with Crippen molar-refractivity contribution in [2.45, 2.75) is 58.0 Å². The summed E-state index contributed by atoms with van der Waals surface area (Å²) in [6, 6.07) is -0.200. The summed E-state index contributed by atoms with van der Waals surface area (Å²) in [5.41, 5.74) is 1.91. The van der Waals surface area contributed by atoms with Crippen LogP contribution in [0.25, 0.3) is 0 Å². The molecule has 0 spiro atoms. The number of carbonyl (C=O) groups is 3. The molecule has 0 saturated carbocycles. The highest BCUT2D eigenvalue weighted by Gasteiger charge is 2.34. The number of aromatic nitrogens is 2. The molecule has 0 radical (unpaired) electrons. The van der Waals surface area contributed by atoms with Gasteiger partial charge in [0.1, 0.15) is 5.82 Å². The molecular weight excluding hydrogens is 384 g/mol. The number of anilines is 1. The molecule has 2 fully saturated rings. The molecule has 162 valence electrons. The molecule has 30 heavy (non-hydrogen) atoms. The van der Waals surface area contributed by atoms with E-state index in [1.165, 1.54) is 0 Å². The van der Waals surface area contributed by atoms with Crippen molar-refractivity contribution in [1.29, 1.82) is 0 Å². The van der Waals surface area contributed by atoms with Gasteiger partial charge in [-0.3, -0.25) is 14.4 Å². The lowest BCUT2D eigenvalue weighted by Gasteiger charge is -2.36. The van der Waals surface area contributed by atoms with Gasteiger partial charge in [-0.1, -0.05) is 0 Å². The Morgan fingerprint density at radius 1 is 1.10 bits per heavy atom. The van der Waals surface area contributed by atoms with E-state index in [0.717, 1.165) is 49.2 Å². The van der Waals surface area contributed by atoms with Gasteiger partial charge in [0.05, 0.1) is 24.8 Å². The maximum absolute atomic E-state index is 13.1. The van der Waals surface area contributed by atoms with E-state index in [4.69, 9.17) is 9.97 Å². The first kappa shape index (κ1) is 20.6. The van der Waals surface area contributed by atoms with Gasteiger partial charge in [0.15, 0.2) is 5.82 Å². The van der Waals surface area contributed by atoms with Crippen molar-refractivity contribution in [3.63, 3.8) is 0 Å². The molecule has 1 atom stereocenters. The second kappa shape index (κ2) is 8.57. The van der Waals surface area contributed by atoms with E-state index in [-0.39, 0.29) is 30.3 Å². The molecule has 3 aliphatic heterocycles. The molecule has 1 unspecified atom stereocenters. The highest BCUT2D eigenvalue weighted by atomic mass is 16.2. The maximum Gasteiger partial charge on any atom is 0.242 e. The number of hydrogen-bond donors (Lipinski definition) is 1. The average Bonchev–Trinajstić information content (AvgIpc) is 3.16. The molecule has 0 bridgehead atoms. The maximum atomic E-state index is 13.1. The van der Waals surface area contributed by atoms with Crippen LogP contribution in [-0.4, -0.2) is 75.6 Å². The monoisotopic (exact) mass is 414 g/mol. The second-order valence-corrected chi connectivity index (χ2v) is 8.31. The van der Waals surface area contributed by atoms with Crippen molar-refractivity contribution in [1.82, 2.24) is 24.7 Å². The topological polar surface area (TPSA) is 98.7 Å². The summed E-state index contributed by atoms with van der Waals surface area (Å²) in [5.74, 6) is 1.48. The molecule has 0 aliphatic carbocycles. The van der Waals surface area contributed by atoms with Crippen molar-refractivity contribution in [3.05, 3.63) is 17.1 Å². The molecule has 4 heterocycles. The minimum absolute atomic E-state index is 0.0346. The molecule has 9 nitrogen and oxygen atoms in total. The number of carbonyl (C=O) groups excluding carboxylic acids is 3. The highest BCUT2D eigenvalue weighted by Crippen LogP contribution is 2.32. The zero-order valence-corrected chi connectivity index (χ0v) is 17.8. The van der Waals surface area contributed by atoms with Crippen molar-refractivity contribution in [2.75, 3.05) is 38.5 Å². The van der Waals surface area contributed by atoms with Crippen molar-refractivity contribution in [3.8, 4) is 0 Å². The number of amides is 3. The first-order valence-electron chi connectivity index (χ1n) is 10.9. The Balaban J connectivity index is 1.60. The van der Waals surface area contributed by atoms with Crippen molar-refractivity contribution < 1.29 is 14.4 Å². The summed E-state index contributed by atoms with van der Waals surface area (Å²) < 4.78 is 0. The van der Waals surface area contributed by atoms with Gasteiger partial charge >= 0.3 is 0 Å². The van der Waals surface area contributed by atoms with E-state index in [0.29, 0.717) is 38.4 Å². The molecule has 1 aromatic rings. The van der Waals surface area contributed by atoms with Crippen molar-refractivity contribution in [2.24, 2.45) is 0 Å². The lowest BCUT2D eigenvalue weighted by atomic mass is 9.99. The zero-order chi connectivity index (χ0) is 21.3. The van der Waals surface area contributed by atoms with Crippen LogP contribution in [0.4, 0.5) is 5.82 Å². The number of likely N-dealkylation sites (tertiary alicyclic amines) is 2. The van der Waals surface area contributed by atoms with Crippen LogP contribution in [0.3, 0.4) is 0 Å². The van der Waals surface area contributed by atoms with Crippen LogP contribution >= 0.6 is 0 Å². The van der Waals surface area contributed by atoms with Crippen LogP contribution in [0.1, 0.15) is 62.2 Å². The van der Waals surface area contributed by atoms with E-state index >= 15 is 0 Å². The van der Waals surface area contributed by atoms with Crippen LogP contribution in [-0.2, 0) is 27.3 Å². The Hall–Kier alpha value is -2.71. The van der Waals surface area contributed by atoms with E-state index in [2.05, 4.69) is 5.32 Å². The summed E-state index contributed by atoms with van der Waals surface area (Å²) in [4.78, 5) is 51.8. The largest absolute Gasteiger partial charge is 0.373 e. The third-order valence-corrected chi connectivity index (χ3v) is 6.38. The predicted octanol–water partition coefficient (Wildman–Crippen LogP) is 1.10. The number of hydrogen-bond acceptors (Lipinski definition) is 6. The molecule has 0 aromatic carbocycles. The first-order valence-corrected chi connectivity index (χ1v) is 10.9. The summed E-state index contributed by atoms with van der Waals surface area (Å²) in [5, 5.41) is 3.18. The van der Waals surface area contributed by atoms with E-state index < -0.39 is 0 Å². The first-order chi connectivity index (χ1) is 14.5. The predicted molar refractivity (Wildman–Crippen MR) is 110 cm³/mol. The van der Waals surface area contributed by atoms with Gasteiger partial charge in [0.2, 0.25) is 17.7 Å². The lowest BCUT2D eigenvalue weighted by Crippen LogP contribution is -2.45. The zero-order valence-electron chi connectivity index (χ0n) is 17.8. The number of nitrogens with zero attached hydrogens (tertiary/aromatic N) is 5. The molecule has 2 saturated heterocycles. The van der Waals surface area contributed by atoms with Gasteiger partial charge in [-0.15, -0.1) is 0 Å². The fourth-order valence-corrected chi connectivity index (χ4v) is 4.70. The van der Waals surface area contributed by atoms with Gasteiger partial charge in [0.25, 0.3) is 0 Å². The Kier molecular flexibility index (Phi) is 5.87. The van der Waals surface area contributed by atoms with Crippen LogP contribution in [0.5, 0.6) is 0 Å². The van der Waals surface area contributed by atoms with Gasteiger partial charge in [0, 0.05) is 45.6 Å². The Morgan fingerprint density at radius 3 is 2.63 bits per heavy atom. The van der Waals surface area contributed by atoms with Crippen LogP contribution < -0.4 is 5.32 Å². The fraction of sp³-hybridized carbons (Fsp3) is 0.667. The van der Waals surface area contributed by atoms with Crippen LogP contribution in [0, 0.1) is 0 Å². The third-order valence-electron chi connectivity index (χ3n) is 6.38. The summed E-state index contributed by atoms with van der Waals surface area (Å²) in [7, 11) is 1.84. The molecule has 1 N–H and O–H groups in total. The molecule has 9 heteroatoms. The van der Waals surface area contributed by atoms with Gasteiger partial charge in [-0.05, 0) is 32.1 Å². The van der Waals surface area contributed by atoms with E-state index in [1.54, 1.807) is 16.7 Å². The summed E-state index contributed by atoms with van der Waals surface area (Å²) in [6.45, 7) is 4.16. The second-order valence-electron chi connectivity index (χ2n) is 8.31. The Labute approximate surface area is 176 Å². The Bertz CT molecular complexity index is 857. The lowest BCUT2D eigenvalue weighted by molar-refractivity contribution is -0.141. The average molecular weight is 415 g/mol. The molecule has 3 aliphatic rings. The van der Waals surface area contributed by atoms with E-state index in [1.807, 2.05) is 11.9 Å². The van der Waals surface area contributed by atoms with Gasteiger partial charge < -0.3 is 20.0 Å². The normalized spacial score (nSPS) is 21.6. The Morgan fingerprint density at radius 2 is 1.93 bits per heavy atom. The quantitative estimate of drug-likeness (QED) is 0.792. The fourth-order valence-electron chi connectivity index (χ4n) is 4.70. The van der Waals surface area contributed by atoms with Gasteiger partial charge in [-0.25, -0.2) is 9.97 Å². The molecule has 3 amide bonds. The standard InChI is InChI=1S/C21H30N6O3/c1-14(28)25-11-8-15-16(12-25)23-21(24-20(15)22-2)17-6-3-4-10-27(17)19(30)13-26-9-5-7-18(26)29/h17H,3-13H2,1-2H3,(H,22,23,24). The minimum atomic E-state index is -0.200. The van der Waals surface area contributed by atoms with Crippen molar-refractivity contribution >= 4 is 23.5 Å². The number of nitrogens with one attached hydrogen (secondary N) is 1. The minimum Gasteiger partial charge on any atom is -0.373 e. The molecule has 1 aromatic heterocycles. The van der Waals surface area contributed by atoms with Crippen LogP contribution in [0.2, 0.25) is 0 Å². The van der Waals surface area contributed by atoms with Gasteiger partial charge in [-0.2, -0.15) is 0 Å². The number of rotatable bonds is 4. The smallest absolute Gasteiger partial charge is 0.242 e. The van der Waals surface area contributed by atoms with E-state index in [9.17, 15) is 14.4 Å². The number of piperidine rings is 1.